The molecule has 1 aliphatic rings. The van der Waals surface area contributed by atoms with Gasteiger partial charge in [0, 0.05) is 36.1 Å². The summed E-state index contributed by atoms with van der Waals surface area (Å²) < 4.78 is 0. The molecule has 24 heavy (non-hydrogen) atoms. The molecule has 1 aliphatic carbocycles. The molecule has 1 saturated carbocycles. The fourth-order valence-corrected chi connectivity index (χ4v) is 2.97. The summed E-state index contributed by atoms with van der Waals surface area (Å²) in [5.74, 6) is 0.636. The van der Waals surface area contributed by atoms with Gasteiger partial charge in [-0.05, 0) is 44.7 Å². The average molecular weight is 327 g/mol. The first-order chi connectivity index (χ1) is 11.6. The topological polar surface area (TPSA) is 99.8 Å². The molecule has 1 fully saturated rings. The molecule has 0 spiro atoms. The number of rotatable bonds is 4. The van der Waals surface area contributed by atoms with Gasteiger partial charge in [0.2, 0.25) is 11.9 Å². The number of amides is 1. The van der Waals surface area contributed by atoms with Crippen LogP contribution in [0, 0.1) is 12.8 Å². The molecule has 3 N–H and O–H groups in total. The number of nitrogens with zero attached hydrogens (tertiary/aromatic N) is 2. The van der Waals surface area contributed by atoms with Crippen molar-refractivity contribution in [2.24, 2.45) is 5.92 Å². The van der Waals surface area contributed by atoms with E-state index in [0.717, 1.165) is 25.7 Å². The maximum Gasteiger partial charge on any atom is 0.250 e. The van der Waals surface area contributed by atoms with Gasteiger partial charge in [-0.15, -0.1) is 0 Å². The predicted molar refractivity (Wildman–Crippen MR) is 91.8 cm³/mol. The zero-order valence-electron chi connectivity index (χ0n) is 13.6. The lowest BCUT2D eigenvalue weighted by molar-refractivity contribution is -0.120. The van der Waals surface area contributed by atoms with Gasteiger partial charge in [0.25, 0.3) is 5.56 Å². The molecule has 2 heterocycles. The number of hydrogen-bond donors (Lipinski definition) is 3. The number of aryl methyl sites for hydroxylation is 1. The zero-order chi connectivity index (χ0) is 16.9. The Morgan fingerprint density at radius 2 is 1.92 bits per heavy atom. The molecular weight excluding hydrogens is 306 g/mol. The molecule has 2 aromatic rings. The third-order valence-electron chi connectivity index (χ3n) is 4.35. The summed E-state index contributed by atoms with van der Waals surface area (Å²) in [7, 11) is 0. The van der Waals surface area contributed by atoms with Crippen LogP contribution in [-0.4, -0.2) is 26.9 Å². The molecule has 0 radical (unpaired) electrons. The Kier molecular flexibility index (Phi) is 4.88. The van der Waals surface area contributed by atoms with E-state index in [2.05, 4.69) is 25.6 Å². The van der Waals surface area contributed by atoms with Gasteiger partial charge in [-0.2, -0.15) is 0 Å². The zero-order valence-corrected chi connectivity index (χ0v) is 13.6. The molecule has 3 rings (SSSR count). The van der Waals surface area contributed by atoms with Gasteiger partial charge < -0.3 is 15.6 Å². The van der Waals surface area contributed by atoms with E-state index in [0.29, 0.717) is 23.2 Å². The minimum Gasteiger partial charge on any atom is -0.351 e. The number of H-pyrrole nitrogens is 1. The first-order valence-corrected chi connectivity index (χ1v) is 8.15. The maximum absolute atomic E-state index is 12.4. The summed E-state index contributed by atoms with van der Waals surface area (Å²) in [6, 6.07) is 3.77. The van der Waals surface area contributed by atoms with Gasteiger partial charge >= 0.3 is 0 Å². The molecule has 7 nitrogen and oxygen atoms in total. The van der Waals surface area contributed by atoms with E-state index < -0.39 is 0 Å². The summed E-state index contributed by atoms with van der Waals surface area (Å²) in [6.07, 6.45) is 8.40. The van der Waals surface area contributed by atoms with Crippen LogP contribution in [-0.2, 0) is 4.79 Å². The van der Waals surface area contributed by atoms with Crippen LogP contribution in [0.5, 0.6) is 0 Å². The van der Waals surface area contributed by atoms with E-state index in [1.807, 2.05) is 0 Å². The van der Waals surface area contributed by atoms with Crippen LogP contribution in [0.2, 0.25) is 0 Å². The van der Waals surface area contributed by atoms with Gasteiger partial charge in [0.15, 0.2) is 0 Å². The van der Waals surface area contributed by atoms with Crippen LogP contribution in [0.1, 0.15) is 31.2 Å². The molecule has 2 aromatic heterocycles. The van der Waals surface area contributed by atoms with Crippen molar-refractivity contribution in [2.75, 3.05) is 10.6 Å². The average Bonchev–Trinajstić information content (AvgIpc) is 2.60. The fraction of sp³-hybridized carbons (Fsp3) is 0.412. The monoisotopic (exact) mass is 327 g/mol. The van der Waals surface area contributed by atoms with Crippen molar-refractivity contribution in [3.05, 3.63) is 46.6 Å². The number of nitrogens with one attached hydrogen (secondary N) is 3. The Bertz CT molecular complexity index is 751. The van der Waals surface area contributed by atoms with E-state index in [-0.39, 0.29) is 17.4 Å². The minimum absolute atomic E-state index is 0.00743. The predicted octanol–water partition coefficient (Wildman–Crippen LogP) is 2.08. The number of hydrogen-bond acceptors (Lipinski definition) is 5. The maximum atomic E-state index is 12.4. The van der Waals surface area contributed by atoms with Crippen LogP contribution in [0.15, 0.2) is 35.5 Å². The summed E-state index contributed by atoms with van der Waals surface area (Å²) in [4.78, 5) is 34.7. The summed E-state index contributed by atoms with van der Waals surface area (Å²) in [6.45, 7) is 1.72. The third kappa shape index (κ3) is 3.98. The van der Waals surface area contributed by atoms with E-state index >= 15 is 0 Å². The number of aromatic nitrogens is 3. The molecule has 7 heteroatoms. The Labute approximate surface area is 139 Å². The smallest absolute Gasteiger partial charge is 0.250 e. The molecule has 0 atom stereocenters. The van der Waals surface area contributed by atoms with Crippen molar-refractivity contribution in [1.29, 1.82) is 0 Å². The van der Waals surface area contributed by atoms with Gasteiger partial charge in [-0.3, -0.25) is 9.59 Å². The van der Waals surface area contributed by atoms with Gasteiger partial charge in [-0.25, -0.2) is 9.97 Å². The Balaban J connectivity index is 1.51. The highest BCUT2D eigenvalue weighted by Gasteiger charge is 2.26. The van der Waals surface area contributed by atoms with Crippen LogP contribution < -0.4 is 16.2 Å². The molecule has 126 valence electrons. The van der Waals surface area contributed by atoms with E-state index in [4.69, 9.17) is 0 Å². The van der Waals surface area contributed by atoms with Crippen LogP contribution in [0.4, 0.5) is 11.6 Å². The van der Waals surface area contributed by atoms with Crippen LogP contribution in [0.3, 0.4) is 0 Å². The van der Waals surface area contributed by atoms with Crippen molar-refractivity contribution in [2.45, 2.75) is 38.6 Å². The molecule has 0 unspecified atom stereocenters. The standard InChI is InChI=1S/C17H21N5O2/c1-11-9-14(10-20-15(11)23)21-16(24)12-3-5-13(6-4-12)22-17-18-7-2-8-19-17/h2,7-10,12-13H,3-6H2,1H3,(H,20,23)(H,21,24)(H,18,19,22). The van der Waals surface area contributed by atoms with Crippen LogP contribution in [0.25, 0.3) is 0 Å². The Morgan fingerprint density at radius 3 is 2.58 bits per heavy atom. The summed E-state index contributed by atoms with van der Waals surface area (Å²) in [5.41, 5.74) is 1.08. The molecule has 0 saturated heterocycles. The highest BCUT2D eigenvalue weighted by molar-refractivity contribution is 5.92. The number of anilines is 2. The quantitative estimate of drug-likeness (QED) is 0.798. The van der Waals surface area contributed by atoms with Gasteiger partial charge in [0.05, 0.1) is 5.69 Å². The van der Waals surface area contributed by atoms with E-state index in [1.165, 1.54) is 6.20 Å². The number of pyridine rings is 1. The molecule has 0 bridgehead atoms. The highest BCUT2D eigenvalue weighted by Crippen LogP contribution is 2.27. The number of carbonyl (C=O) groups is 1. The Morgan fingerprint density at radius 1 is 1.21 bits per heavy atom. The first kappa shape index (κ1) is 16.2. The van der Waals surface area contributed by atoms with E-state index in [1.54, 1.807) is 31.5 Å². The van der Waals surface area contributed by atoms with Crippen molar-refractivity contribution in [3.8, 4) is 0 Å². The van der Waals surface area contributed by atoms with Crippen molar-refractivity contribution in [1.82, 2.24) is 15.0 Å². The van der Waals surface area contributed by atoms with Crippen LogP contribution >= 0.6 is 0 Å². The normalized spacial score (nSPS) is 20.4. The second kappa shape index (κ2) is 7.25. The highest BCUT2D eigenvalue weighted by atomic mass is 16.2. The molecule has 0 aromatic carbocycles. The Hall–Kier alpha value is -2.70. The van der Waals surface area contributed by atoms with Crippen molar-refractivity contribution in [3.63, 3.8) is 0 Å². The number of aromatic amines is 1. The second-order valence-electron chi connectivity index (χ2n) is 6.16. The lowest BCUT2D eigenvalue weighted by atomic mass is 9.85. The summed E-state index contributed by atoms with van der Waals surface area (Å²) in [5, 5.41) is 6.20. The third-order valence-corrected chi connectivity index (χ3v) is 4.35. The summed E-state index contributed by atoms with van der Waals surface area (Å²) >= 11 is 0. The molecular formula is C17H21N5O2. The SMILES string of the molecule is Cc1cc(NC(=O)C2CCC(Nc3ncccn3)CC2)c[nH]c1=O. The second-order valence-corrected chi connectivity index (χ2v) is 6.16. The van der Waals surface area contributed by atoms with Crippen molar-refractivity contribution >= 4 is 17.5 Å². The minimum atomic E-state index is -0.136. The van der Waals surface area contributed by atoms with Gasteiger partial charge in [0.1, 0.15) is 0 Å². The van der Waals surface area contributed by atoms with Crippen molar-refractivity contribution < 1.29 is 4.79 Å². The van der Waals surface area contributed by atoms with Gasteiger partial charge in [-0.1, -0.05) is 0 Å². The van der Waals surface area contributed by atoms with E-state index in [9.17, 15) is 9.59 Å². The molecule has 0 aliphatic heterocycles. The first-order valence-electron chi connectivity index (χ1n) is 8.15. The number of carbonyl (C=O) groups excluding carboxylic acids is 1. The lowest BCUT2D eigenvalue weighted by Gasteiger charge is -2.28. The molecule has 1 amide bonds. The largest absolute Gasteiger partial charge is 0.351 e. The lowest BCUT2D eigenvalue weighted by Crippen LogP contribution is -2.32. The fourth-order valence-electron chi connectivity index (χ4n) is 2.97.